The first-order valence-electron chi connectivity index (χ1n) is 8.42. The van der Waals surface area contributed by atoms with Gasteiger partial charge in [0.05, 0.1) is 14.8 Å². The van der Waals surface area contributed by atoms with Gasteiger partial charge in [-0.25, -0.2) is 0 Å². The smallest absolute Gasteiger partial charge is 0.141 e. The highest BCUT2D eigenvalue weighted by molar-refractivity contribution is 14.1. The number of hydrogen-bond donors (Lipinski definition) is 1. The average Bonchev–Trinajstić information content (AvgIpc) is 3.08. The van der Waals surface area contributed by atoms with E-state index in [1.165, 1.54) is 21.9 Å². The van der Waals surface area contributed by atoms with Crippen LogP contribution in [-0.2, 0) is 6.54 Å². The Morgan fingerprint density at radius 3 is 2.83 bits per heavy atom. The van der Waals surface area contributed by atoms with Crippen LogP contribution in [0.1, 0.15) is 24.3 Å². The monoisotopic (exact) mass is 436 g/mol. The number of aryl methyl sites for hydroxylation is 2. The van der Waals surface area contributed by atoms with E-state index in [9.17, 15) is 0 Å². The Labute approximate surface area is 154 Å². The van der Waals surface area contributed by atoms with E-state index in [2.05, 4.69) is 49.9 Å². The predicted molar refractivity (Wildman–Crippen MR) is 103 cm³/mol. The van der Waals surface area contributed by atoms with Crippen molar-refractivity contribution in [3.8, 4) is 11.1 Å². The van der Waals surface area contributed by atoms with Crippen LogP contribution >= 0.6 is 22.6 Å². The molecule has 1 aliphatic rings. The number of halogens is 1. The van der Waals surface area contributed by atoms with Gasteiger partial charge in [-0.3, -0.25) is 4.98 Å². The lowest BCUT2D eigenvalue weighted by molar-refractivity contribution is 0.337. The number of piperidine rings is 1. The van der Waals surface area contributed by atoms with Crippen molar-refractivity contribution in [3.05, 3.63) is 33.5 Å². The van der Waals surface area contributed by atoms with Crippen molar-refractivity contribution in [1.29, 1.82) is 0 Å². The molecule has 126 valence electrons. The van der Waals surface area contributed by atoms with Crippen LogP contribution < -0.4 is 5.32 Å². The molecular weight excluding hydrogens is 415 g/mol. The summed E-state index contributed by atoms with van der Waals surface area (Å²) in [6.45, 7) is 7.26. The van der Waals surface area contributed by atoms with E-state index >= 15 is 0 Å². The largest absolute Gasteiger partial charge is 0.361 e. The fraction of sp³-hybridized carbons (Fsp3) is 0.444. The first-order valence-corrected chi connectivity index (χ1v) is 9.49. The summed E-state index contributed by atoms with van der Waals surface area (Å²) in [5, 5.41) is 7.52. The first kappa shape index (κ1) is 16.1. The van der Waals surface area contributed by atoms with Crippen LogP contribution in [0.25, 0.3) is 22.2 Å². The molecule has 1 aliphatic heterocycles. The Hall–Kier alpha value is -1.41. The molecule has 0 radical (unpaired) electrons. The predicted octanol–water partition coefficient (Wildman–Crippen LogP) is 3.91. The van der Waals surface area contributed by atoms with Crippen LogP contribution in [-0.4, -0.2) is 27.8 Å². The number of hydrogen-bond acceptors (Lipinski definition) is 4. The van der Waals surface area contributed by atoms with Gasteiger partial charge in [-0.05, 0) is 74.4 Å². The lowest BCUT2D eigenvalue weighted by Gasteiger charge is -2.23. The molecule has 0 bridgehead atoms. The Kier molecular flexibility index (Phi) is 4.34. The molecule has 0 aromatic carbocycles. The van der Waals surface area contributed by atoms with Gasteiger partial charge < -0.3 is 14.4 Å². The maximum atomic E-state index is 5.33. The molecule has 5 nitrogen and oxygen atoms in total. The Bertz CT molecular complexity index is 857. The zero-order valence-electron chi connectivity index (χ0n) is 14.0. The molecule has 4 heterocycles. The zero-order chi connectivity index (χ0) is 16.7. The molecule has 6 heteroatoms. The van der Waals surface area contributed by atoms with Crippen LogP contribution in [0.4, 0.5) is 0 Å². The van der Waals surface area contributed by atoms with Crippen LogP contribution in [0.15, 0.2) is 23.0 Å². The van der Waals surface area contributed by atoms with Crippen molar-refractivity contribution in [2.24, 2.45) is 5.92 Å². The fourth-order valence-corrected chi connectivity index (χ4v) is 4.40. The molecule has 0 atom stereocenters. The molecule has 24 heavy (non-hydrogen) atoms. The lowest BCUT2D eigenvalue weighted by Crippen LogP contribution is -2.29. The number of fused-ring (bicyclic) bond motifs is 1. The molecule has 0 spiro atoms. The molecular formula is C18H21IN4O. The van der Waals surface area contributed by atoms with E-state index < -0.39 is 0 Å². The number of nitrogens with zero attached hydrogens (tertiary/aromatic N) is 3. The van der Waals surface area contributed by atoms with E-state index in [0.29, 0.717) is 0 Å². The molecule has 0 amide bonds. The number of pyridine rings is 1. The second-order valence-electron chi connectivity index (χ2n) is 6.61. The third kappa shape index (κ3) is 2.86. The summed E-state index contributed by atoms with van der Waals surface area (Å²) in [6, 6.07) is 2.23. The van der Waals surface area contributed by atoms with Gasteiger partial charge in [0.1, 0.15) is 11.3 Å². The SMILES string of the molecule is Cc1noc(C)c1-c1cnc2c(I)cn(CC3CCNCC3)c2c1. The van der Waals surface area contributed by atoms with Gasteiger partial charge in [0, 0.05) is 30.1 Å². The molecule has 1 N–H and O–H groups in total. The van der Waals surface area contributed by atoms with Crippen molar-refractivity contribution in [1.82, 2.24) is 20.0 Å². The zero-order valence-corrected chi connectivity index (χ0v) is 16.1. The lowest BCUT2D eigenvalue weighted by atomic mass is 9.98. The molecule has 0 saturated carbocycles. The molecule has 3 aromatic heterocycles. The number of nitrogens with one attached hydrogen (secondary N) is 1. The maximum Gasteiger partial charge on any atom is 0.141 e. The van der Waals surface area contributed by atoms with Crippen LogP contribution in [0, 0.1) is 23.3 Å². The second kappa shape index (κ2) is 6.48. The quantitative estimate of drug-likeness (QED) is 0.633. The van der Waals surface area contributed by atoms with Gasteiger partial charge in [-0.2, -0.15) is 0 Å². The first-order chi connectivity index (χ1) is 11.6. The Morgan fingerprint density at radius 1 is 1.33 bits per heavy atom. The van der Waals surface area contributed by atoms with Crippen molar-refractivity contribution >= 4 is 33.6 Å². The van der Waals surface area contributed by atoms with E-state index in [1.54, 1.807) is 0 Å². The summed E-state index contributed by atoms with van der Waals surface area (Å²) >= 11 is 2.39. The third-order valence-corrected chi connectivity index (χ3v) is 5.70. The van der Waals surface area contributed by atoms with Crippen LogP contribution in [0.3, 0.4) is 0 Å². The van der Waals surface area contributed by atoms with Crippen LogP contribution in [0.5, 0.6) is 0 Å². The standard InChI is InChI=1S/C18H21IN4O/c1-11-17(12(2)24-22-11)14-7-16-18(21-8-14)15(19)10-23(16)9-13-3-5-20-6-4-13/h7-8,10,13,20H,3-6,9H2,1-2H3. The van der Waals surface area contributed by atoms with Crippen LogP contribution in [0.2, 0.25) is 0 Å². The summed E-state index contributed by atoms with van der Waals surface area (Å²) in [4.78, 5) is 4.72. The maximum absolute atomic E-state index is 5.33. The minimum absolute atomic E-state index is 0.736. The highest BCUT2D eigenvalue weighted by Crippen LogP contribution is 2.31. The van der Waals surface area contributed by atoms with E-state index in [4.69, 9.17) is 9.51 Å². The highest BCUT2D eigenvalue weighted by Gasteiger charge is 2.18. The fourth-order valence-electron chi connectivity index (χ4n) is 3.65. The van der Waals surface area contributed by atoms with Gasteiger partial charge in [0.15, 0.2) is 0 Å². The van der Waals surface area contributed by atoms with Gasteiger partial charge in [0.25, 0.3) is 0 Å². The minimum Gasteiger partial charge on any atom is -0.361 e. The van der Waals surface area contributed by atoms with Gasteiger partial charge in [-0.15, -0.1) is 0 Å². The average molecular weight is 436 g/mol. The number of aromatic nitrogens is 3. The molecule has 4 rings (SSSR count). The van der Waals surface area contributed by atoms with Crippen molar-refractivity contribution in [2.75, 3.05) is 13.1 Å². The Morgan fingerprint density at radius 2 is 2.12 bits per heavy atom. The molecule has 1 fully saturated rings. The molecule has 0 aliphatic carbocycles. The van der Waals surface area contributed by atoms with Gasteiger partial charge >= 0.3 is 0 Å². The molecule has 3 aromatic rings. The third-order valence-electron chi connectivity index (χ3n) is 4.91. The molecule has 1 saturated heterocycles. The minimum atomic E-state index is 0.736. The van der Waals surface area contributed by atoms with Crippen molar-refractivity contribution < 1.29 is 4.52 Å². The topological polar surface area (TPSA) is 55.9 Å². The van der Waals surface area contributed by atoms with E-state index in [0.717, 1.165) is 53.6 Å². The highest BCUT2D eigenvalue weighted by atomic mass is 127. The summed E-state index contributed by atoms with van der Waals surface area (Å²) in [5.74, 6) is 1.58. The van der Waals surface area contributed by atoms with Gasteiger partial charge in [0.2, 0.25) is 0 Å². The summed E-state index contributed by atoms with van der Waals surface area (Å²) in [5.41, 5.74) is 5.35. The Balaban J connectivity index is 1.76. The van der Waals surface area contributed by atoms with Crippen molar-refractivity contribution in [2.45, 2.75) is 33.2 Å². The second-order valence-corrected chi connectivity index (χ2v) is 7.78. The summed E-state index contributed by atoms with van der Waals surface area (Å²) < 4.78 is 8.91. The van der Waals surface area contributed by atoms with E-state index in [-0.39, 0.29) is 0 Å². The normalized spacial score (nSPS) is 16.1. The molecule has 0 unspecified atom stereocenters. The number of rotatable bonds is 3. The summed E-state index contributed by atoms with van der Waals surface area (Å²) in [7, 11) is 0. The summed E-state index contributed by atoms with van der Waals surface area (Å²) in [6.07, 6.45) is 6.66. The van der Waals surface area contributed by atoms with Gasteiger partial charge in [-0.1, -0.05) is 5.16 Å². The van der Waals surface area contributed by atoms with Crippen molar-refractivity contribution in [3.63, 3.8) is 0 Å². The van der Waals surface area contributed by atoms with E-state index in [1.807, 2.05) is 20.0 Å².